The molecule has 0 aromatic heterocycles. The minimum Gasteiger partial charge on any atom is -0.491 e. The Labute approximate surface area is 132 Å². The third kappa shape index (κ3) is 5.31. The molecule has 0 spiro atoms. The summed E-state index contributed by atoms with van der Waals surface area (Å²) < 4.78 is 16.4. The van der Waals surface area contributed by atoms with E-state index in [2.05, 4.69) is 11.8 Å². The second-order valence-corrected chi connectivity index (χ2v) is 5.29. The highest BCUT2D eigenvalue weighted by Crippen LogP contribution is 2.19. The van der Waals surface area contributed by atoms with Crippen LogP contribution in [-0.4, -0.2) is 56.9 Å². The number of hydrogen-bond acceptors (Lipinski definition) is 5. The van der Waals surface area contributed by atoms with Gasteiger partial charge in [0.1, 0.15) is 17.9 Å². The van der Waals surface area contributed by atoms with Crippen LogP contribution in [0.25, 0.3) is 0 Å². The van der Waals surface area contributed by atoms with Crippen molar-refractivity contribution < 1.29 is 19.0 Å². The zero-order chi connectivity index (χ0) is 15.6. The molecule has 1 saturated heterocycles. The molecule has 0 atom stereocenters. The molecule has 1 heterocycles. The van der Waals surface area contributed by atoms with E-state index in [0.717, 1.165) is 45.7 Å². The molecular weight excluding hydrogens is 282 g/mol. The molecule has 2 rings (SSSR count). The quantitative estimate of drug-likeness (QED) is 0.545. The Hall–Kier alpha value is -1.59. The molecule has 1 aromatic rings. The number of esters is 1. The van der Waals surface area contributed by atoms with Gasteiger partial charge in [0, 0.05) is 19.6 Å². The van der Waals surface area contributed by atoms with Gasteiger partial charge in [-0.05, 0) is 18.6 Å². The highest BCUT2D eigenvalue weighted by atomic mass is 16.5. The average Bonchev–Trinajstić information content (AvgIpc) is 2.56. The van der Waals surface area contributed by atoms with Crippen LogP contribution in [0.1, 0.15) is 30.1 Å². The van der Waals surface area contributed by atoms with Gasteiger partial charge in [0.05, 0.1) is 19.8 Å². The summed E-state index contributed by atoms with van der Waals surface area (Å²) in [5, 5.41) is 0. The monoisotopic (exact) mass is 307 g/mol. The molecule has 0 radical (unpaired) electrons. The minimum absolute atomic E-state index is 0.310. The van der Waals surface area contributed by atoms with Gasteiger partial charge < -0.3 is 14.2 Å². The minimum atomic E-state index is -0.310. The van der Waals surface area contributed by atoms with Gasteiger partial charge in [0.2, 0.25) is 0 Å². The lowest BCUT2D eigenvalue weighted by Crippen LogP contribution is -2.38. The van der Waals surface area contributed by atoms with Gasteiger partial charge in [0.15, 0.2) is 0 Å². The number of benzene rings is 1. The van der Waals surface area contributed by atoms with Crippen LogP contribution >= 0.6 is 0 Å². The van der Waals surface area contributed by atoms with E-state index in [1.165, 1.54) is 0 Å². The summed E-state index contributed by atoms with van der Waals surface area (Å²) in [6.45, 7) is 7.34. The Balaban J connectivity index is 1.83. The second-order valence-electron chi connectivity index (χ2n) is 5.29. The van der Waals surface area contributed by atoms with Gasteiger partial charge >= 0.3 is 5.97 Å². The number of morpholine rings is 1. The molecule has 0 N–H and O–H groups in total. The van der Waals surface area contributed by atoms with Gasteiger partial charge in [-0.1, -0.05) is 25.5 Å². The molecule has 122 valence electrons. The molecular formula is C17H25NO4. The van der Waals surface area contributed by atoms with E-state index in [-0.39, 0.29) is 5.97 Å². The first-order chi connectivity index (χ1) is 10.8. The van der Waals surface area contributed by atoms with Crippen molar-refractivity contribution in [2.24, 2.45) is 0 Å². The number of ether oxygens (including phenoxy) is 3. The number of nitrogens with zero attached hydrogens (tertiary/aromatic N) is 1. The Morgan fingerprint density at radius 1 is 1.23 bits per heavy atom. The van der Waals surface area contributed by atoms with E-state index >= 15 is 0 Å². The van der Waals surface area contributed by atoms with Crippen molar-refractivity contribution in [3.05, 3.63) is 29.8 Å². The van der Waals surface area contributed by atoms with Crippen LogP contribution in [0.15, 0.2) is 24.3 Å². The fraction of sp³-hybridized carbons (Fsp3) is 0.588. The lowest BCUT2D eigenvalue weighted by Gasteiger charge is -2.26. The van der Waals surface area contributed by atoms with Crippen LogP contribution in [0.4, 0.5) is 0 Å². The van der Waals surface area contributed by atoms with Crippen LogP contribution in [0.3, 0.4) is 0 Å². The van der Waals surface area contributed by atoms with Crippen LogP contribution in [0, 0.1) is 0 Å². The van der Waals surface area contributed by atoms with Crippen LogP contribution in [-0.2, 0) is 9.47 Å². The predicted molar refractivity (Wildman–Crippen MR) is 84.4 cm³/mol. The van der Waals surface area contributed by atoms with Crippen molar-refractivity contribution in [2.45, 2.75) is 19.8 Å². The van der Waals surface area contributed by atoms with Crippen LogP contribution in [0.5, 0.6) is 5.75 Å². The highest BCUT2D eigenvalue weighted by Gasteiger charge is 2.14. The summed E-state index contributed by atoms with van der Waals surface area (Å²) in [5.74, 6) is 0.285. The molecule has 0 bridgehead atoms. The molecule has 0 aliphatic carbocycles. The van der Waals surface area contributed by atoms with E-state index < -0.39 is 0 Å². The zero-order valence-corrected chi connectivity index (χ0v) is 13.3. The normalized spacial score (nSPS) is 15.5. The Morgan fingerprint density at radius 2 is 2.00 bits per heavy atom. The van der Waals surface area contributed by atoms with Gasteiger partial charge in [-0.3, -0.25) is 4.90 Å². The Morgan fingerprint density at radius 3 is 2.77 bits per heavy atom. The highest BCUT2D eigenvalue weighted by molar-refractivity contribution is 5.92. The standard InChI is InChI=1S/C17H25NO4/c1-2-3-11-22-17(19)15-6-4-5-7-16(15)21-14-10-18-8-12-20-13-9-18/h4-7H,2-3,8-14H2,1H3. The average molecular weight is 307 g/mol. The summed E-state index contributed by atoms with van der Waals surface area (Å²) in [6, 6.07) is 7.26. The van der Waals surface area contributed by atoms with E-state index in [1.807, 2.05) is 18.2 Å². The predicted octanol–water partition coefficient (Wildman–Crippen LogP) is 2.35. The lowest BCUT2D eigenvalue weighted by molar-refractivity contribution is 0.0320. The Bertz CT molecular complexity index is 458. The van der Waals surface area contributed by atoms with Crippen molar-refractivity contribution >= 4 is 5.97 Å². The number of unbranched alkanes of at least 4 members (excludes halogenated alkanes) is 1. The number of carbonyl (C=O) groups excluding carboxylic acids is 1. The summed E-state index contributed by atoms with van der Waals surface area (Å²) >= 11 is 0. The fourth-order valence-electron chi connectivity index (χ4n) is 2.26. The molecule has 1 aliphatic heterocycles. The molecule has 0 saturated carbocycles. The van der Waals surface area contributed by atoms with Crippen molar-refractivity contribution in [1.82, 2.24) is 4.90 Å². The fourth-order valence-corrected chi connectivity index (χ4v) is 2.26. The van der Waals surface area contributed by atoms with E-state index in [0.29, 0.717) is 24.5 Å². The summed E-state index contributed by atoms with van der Waals surface area (Å²) in [4.78, 5) is 14.4. The largest absolute Gasteiger partial charge is 0.491 e. The lowest BCUT2D eigenvalue weighted by atomic mass is 10.2. The molecule has 1 aromatic carbocycles. The zero-order valence-electron chi connectivity index (χ0n) is 13.3. The molecule has 0 amide bonds. The van der Waals surface area contributed by atoms with Gasteiger partial charge in [-0.2, -0.15) is 0 Å². The smallest absolute Gasteiger partial charge is 0.341 e. The van der Waals surface area contributed by atoms with Gasteiger partial charge in [-0.25, -0.2) is 4.79 Å². The van der Waals surface area contributed by atoms with E-state index in [9.17, 15) is 4.79 Å². The first-order valence-corrected chi connectivity index (χ1v) is 8.00. The van der Waals surface area contributed by atoms with Crippen molar-refractivity contribution in [3.63, 3.8) is 0 Å². The number of carbonyl (C=O) groups is 1. The van der Waals surface area contributed by atoms with Crippen LogP contribution in [0.2, 0.25) is 0 Å². The molecule has 1 aliphatic rings. The van der Waals surface area contributed by atoms with Crippen LogP contribution < -0.4 is 4.74 Å². The topological polar surface area (TPSA) is 48.0 Å². The number of hydrogen-bond donors (Lipinski definition) is 0. The molecule has 22 heavy (non-hydrogen) atoms. The van der Waals surface area contributed by atoms with Crippen molar-refractivity contribution in [1.29, 1.82) is 0 Å². The van der Waals surface area contributed by atoms with Gasteiger partial charge in [-0.15, -0.1) is 0 Å². The first kappa shape index (κ1) is 16.8. The third-order valence-electron chi connectivity index (χ3n) is 3.61. The van der Waals surface area contributed by atoms with Gasteiger partial charge in [0.25, 0.3) is 0 Å². The first-order valence-electron chi connectivity index (χ1n) is 8.00. The van der Waals surface area contributed by atoms with Crippen molar-refractivity contribution in [3.8, 4) is 5.75 Å². The Kier molecular flexibility index (Phi) is 7.19. The molecule has 5 nitrogen and oxygen atoms in total. The number of rotatable bonds is 8. The van der Waals surface area contributed by atoms with E-state index in [1.54, 1.807) is 6.07 Å². The summed E-state index contributed by atoms with van der Waals surface area (Å²) in [6.07, 6.45) is 1.89. The SMILES string of the molecule is CCCCOC(=O)c1ccccc1OCCN1CCOCC1. The third-order valence-corrected chi connectivity index (χ3v) is 3.61. The molecule has 0 unspecified atom stereocenters. The van der Waals surface area contributed by atoms with E-state index in [4.69, 9.17) is 14.2 Å². The maximum Gasteiger partial charge on any atom is 0.341 e. The summed E-state index contributed by atoms with van der Waals surface area (Å²) in [5.41, 5.74) is 0.501. The molecule has 1 fully saturated rings. The maximum absolute atomic E-state index is 12.1. The number of para-hydroxylation sites is 1. The summed E-state index contributed by atoms with van der Waals surface area (Å²) in [7, 11) is 0. The maximum atomic E-state index is 12.1. The second kappa shape index (κ2) is 9.43. The van der Waals surface area contributed by atoms with Crippen molar-refractivity contribution in [2.75, 3.05) is 46.1 Å². The molecule has 5 heteroatoms.